The number of benzene rings is 1. The molecule has 1 aliphatic carbocycles. The SMILES string of the molecule is COc1cc(-c2ncnc3c(C(=O)NC4CCN(C(=O)[C@H](C)O)CC4)c(C)[nH]c23)c(OCC2CC2)cc1F. The smallest absolute Gasteiger partial charge is 0.255 e. The van der Waals surface area contributed by atoms with Crippen LogP contribution in [0.2, 0.25) is 0 Å². The molecule has 1 atom stereocenters. The minimum absolute atomic E-state index is 0.0622. The number of piperidine rings is 1. The van der Waals surface area contributed by atoms with Crippen LogP contribution in [-0.2, 0) is 4.79 Å². The van der Waals surface area contributed by atoms with Crippen molar-refractivity contribution in [2.45, 2.75) is 51.7 Å². The van der Waals surface area contributed by atoms with Crippen molar-refractivity contribution in [1.29, 1.82) is 0 Å². The number of H-pyrrole nitrogens is 1. The Labute approximate surface area is 219 Å². The highest BCUT2D eigenvalue weighted by molar-refractivity contribution is 6.09. The molecule has 3 aromatic rings. The van der Waals surface area contributed by atoms with Crippen LogP contribution in [0.1, 0.15) is 48.7 Å². The maximum atomic E-state index is 14.6. The lowest BCUT2D eigenvalue weighted by Gasteiger charge is -2.33. The number of aliphatic hydroxyl groups is 1. The summed E-state index contributed by atoms with van der Waals surface area (Å²) in [6.07, 6.45) is 3.70. The zero-order valence-corrected chi connectivity index (χ0v) is 21.7. The van der Waals surface area contributed by atoms with Gasteiger partial charge in [0.25, 0.3) is 11.8 Å². The van der Waals surface area contributed by atoms with Crippen LogP contribution in [0.15, 0.2) is 18.5 Å². The fourth-order valence-corrected chi connectivity index (χ4v) is 4.86. The zero-order valence-electron chi connectivity index (χ0n) is 21.7. The lowest BCUT2D eigenvalue weighted by molar-refractivity contribution is -0.140. The van der Waals surface area contributed by atoms with E-state index < -0.39 is 11.9 Å². The van der Waals surface area contributed by atoms with Crippen LogP contribution in [-0.4, -0.2) is 75.7 Å². The van der Waals surface area contributed by atoms with Gasteiger partial charge in [0, 0.05) is 36.5 Å². The van der Waals surface area contributed by atoms with Gasteiger partial charge in [-0.15, -0.1) is 0 Å². The monoisotopic (exact) mass is 525 g/mol. The summed E-state index contributed by atoms with van der Waals surface area (Å²) in [7, 11) is 1.40. The van der Waals surface area contributed by atoms with Crippen molar-refractivity contribution in [3.63, 3.8) is 0 Å². The summed E-state index contributed by atoms with van der Waals surface area (Å²) >= 11 is 0. The minimum atomic E-state index is -1.04. The first-order valence-corrected chi connectivity index (χ1v) is 12.9. The highest BCUT2D eigenvalue weighted by Crippen LogP contribution is 2.39. The number of aromatic amines is 1. The fourth-order valence-electron chi connectivity index (χ4n) is 4.86. The normalized spacial score (nSPS) is 16.9. The van der Waals surface area contributed by atoms with E-state index in [1.54, 1.807) is 17.9 Å². The number of likely N-dealkylation sites (tertiary alicyclic amines) is 1. The number of ether oxygens (including phenoxy) is 2. The molecule has 0 radical (unpaired) electrons. The molecule has 202 valence electrons. The first-order chi connectivity index (χ1) is 18.3. The van der Waals surface area contributed by atoms with E-state index in [2.05, 4.69) is 20.3 Å². The molecule has 3 heterocycles. The van der Waals surface area contributed by atoms with Crippen molar-refractivity contribution in [2.75, 3.05) is 26.8 Å². The van der Waals surface area contributed by atoms with E-state index >= 15 is 0 Å². The molecule has 2 aliphatic rings. The number of fused-ring (bicyclic) bond motifs is 1. The predicted molar refractivity (Wildman–Crippen MR) is 138 cm³/mol. The Morgan fingerprint density at radius 1 is 1.21 bits per heavy atom. The molecule has 1 saturated carbocycles. The lowest BCUT2D eigenvalue weighted by atomic mass is 10.0. The number of amides is 2. The Morgan fingerprint density at radius 3 is 2.61 bits per heavy atom. The minimum Gasteiger partial charge on any atom is -0.494 e. The van der Waals surface area contributed by atoms with Crippen LogP contribution in [0.25, 0.3) is 22.3 Å². The van der Waals surface area contributed by atoms with Gasteiger partial charge in [0.05, 0.1) is 24.8 Å². The number of carbonyl (C=O) groups excluding carboxylic acids is 2. The standard InChI is InChI=1S/C27H32FN5O5/c1-14-22(26(35)32-17-6-8-33(9-7-17)27(36)15(2)34)24-25(31-14)23(29-13-30-24)18-10-21(37-3)19(28)11-20(18)38-12-16-4-5-16/h10-11,13,15-17,31,34H,4-9,12H2,1-3H3,(H,32,35)/t15-/m0/s1. The maximum Gasteiger partial charge on any atom is 0.255 e. The summed E-state index contributed by atoms with van der Waals surface area (Å²) in [5, 5.41) is 12.6. The van der Waals surface area contributed by atoms with E-state index in [4.69, 9.17) is 9.47 Å². The van der Waals surface area contributed by atoms with Crippen LogP contribution in [0, 0.1) is 18.7 Å². The number of aryl methyl sites for hydroxylation is 1. The second kappa shape index (κ2) is 10.6. The van der Waals surface area contributed by atoms with Gasteiger partial charge >= 0.3 is 0 Å². The second-order valence-electron chi connectivity index (χ2n) is 10.1. The Bertz CT molecular complexity index is 1360. The number of hydrogen-bond donors (Lipinski definition) is 3. The maximum absolute atomic E-state index is 14.6. The number of aromatic nitrogens is 3. The second-order valence-corrected chi connectivity index (χ2v) is 10.1. The van der Waals surface area contributed by atoms with E-state index in [1.165, 1.54) is 26.4 Å². The highest BCUT2D eigenvalue weighted by atomic mass is 19.1. The molecule has 38 heavy (non-hydrogen) atoms. The highest BCUT2D eigenvalue weighted by Gasteiger charge is 2.29. The van der Waals surface area contributed by atoms with Crippen LogP contribution < -0.4 is 14.8 Å². The first-order valence-electron chi connectivity index (χ1n) is 12.9. The van der Waals surface area contributed by atoms with E-state index in [9.17, 15) is 19.1 Å². The van der Waals surface area contributed by atoms with Crippen LogP contribution in [0.3, 0.4) is 0 Å². The van der Waals surface area contributed by atoms with Crippen molar-refractivity contribution in [3.8, 4) is 22.8 Å². The third-order valence-corrected chi connectivity index (χ3v) is 7.18. The molecule has 5 rings (SSSR count). The summed E-state index contributed by atoms with van der Waals surface area (Å²) in [4.78, 5) is 39.1. The third kappa shape index (κ3) is 5.15. The predicted octanol–water partition coefficient (Wildman–Crippen LogP) is 2.97. The van der Waals surface area contributed by atoms with Crippen molar-refractivity contribution in [2.24, 2.45) is 5.92 Å². The molecule has 0 spiro atoms. The Kier molecular flexibility index (Phi) is 7.20. The van der Waals surface area contributed by atoms with E-state index in [1.807, 2.05) is 0 Å². The van der Waals surface area contributed by atoms with E-state index in [-0.39, 0.29) is 23.6 Å². The quantitative estimate of drug-likeness (QED) is 0.412. The summed E-state index contributed by atoms with van der Waals surface area (Å²) < 4.78 is 25.8. The molecule has 11 heteroatoms. The number of nitrogens with one attached hydrogen (secondary N) is 2. The summed E-state index contributed by atoms with van der Waals surface area (Å²) in [5.41, 5.74) is 3.03. The average molecular weight is 526 g/mol. The molecule has 0 bridgehead atoms. The summed E-state index contributed by atoms with van der Waals surface area (Å²) in [6, 6.07) is 2.75. The molecule has 3 N–H and O–H groups in total. The Morgan fingerprint density at radius 2 is 1.95 bits per heavy atom. The number of halogens is 1. The number of aliphatic hydroxyl groups excluding tert-OH is 1. The van der Waals surface area contributed by atoms with Crippen molar-refractivity contribution >= 4 is 22.8 Å². The van der Waals surface area contributed by atoms with Gasteiger partial charge in [-0.05, 0) is 51.5 Å². The van der Waals surface area contributed by atoms with Gasteiger partial charge in [-0.3, -0.25) is 9.59 Å². The van der Waals surface area contributed by atoms with E-state index in [0.29, 0.717) is 77.8 Å². The molecule has 10 nitrogen and oxygen atoms in total. The van der Waals surface area contributed by atoms with Gasteiger partial charge in [0.2, 0.25) is 0 Å². The zero-order chi connectivity index (χ0) is 27.0. The molecule has 2 amide bonds. The lowest BCUT2D eigenvalue weighted by Crippen LogP contribution is -2.48. The molecular weight excluding hydrogens is 493 g/mol. The average Bonchev–Trinajstić information content (AvgIpc) is 3.67. The first kappa shape index (κ1) is 25.9. The van der Waals surface area contributed by atoms with Gasteiger partial charge < -0.3 is 29.8 Å². The van der Waals surface area contributed by atoms with Gasteiger partial charge in [-0.2, -0.15) is 0 Å². The van der Waals surface area contributed by atoms with Crippen molar-refractivity contribution in [3.05, 3.63) is 35.5 Å². The summed E-state index contributed by atoms with van der Waals surface area (Å²) in [5.74, 6) is -0.223. The number of hydrogen-bond acceptors (Lipinski definition) is 7. The van der Waals surface area contributed by atoms with Gasteiger partial charge in [0.1, 0.15) is 29.4 Å². The largest absolute Gasteiger partial charge is 0.494 e. The molecular formula is C27H32FN5O5. The number of nitrogens with zero attached hydrogens (tertiary/aromatic N) is 3. The Hall–Kier alpha value is -3.73. The van der Waals surface area contributed by atoms with Crippen LogP contribution in [0.5, 0.6) is 11.5 Å². The number of methoxy groups -OCH3 is 1. The van der Waals surface area contributed by atoms with Crippen LogP contribution in [0.4, 0.5) is 4.39 Å². The molecule has 2 aromatic heterocycles. The number of carbonyl (C=O) groups is 2. The van der Waals surface area contributed by atoms with Crippen LogP contribution >= 0.6 is 0 Å². The van der Waals surface area contributed by atoms with E-state index in [0.717, 1.165) is 12.8 Å². The van der Waals surface area contributed by atoms with Gasteiger partial charge in [-0.1, -0.05) is 0 Å². The molecule has 0 unspecified atom stereocenters. The van der Waals surface area contributed by atoms with Gasteiger partial charge in [-0.25, -0.2) is 14.4 Å². The van der Waals surface area contributed by atoms with Crippen molar-refractivity contribution < 1.29 is 28.6 Å². The van der Waals surface area contributed by atoms with Gasteiger partial charge in [0.15, 0.2) is 11.6 Å². The number of rotatable bonds is 8. The molecule has 1 aliphatic heterocycles. The Balaban J connectivity index is 1.42. The molecule has 1 saturated heterocycles. The topological polar surface area (TPSA) is 130 Å². The third-order valence-electron chi connectivity index (χ3n) is 7.18. The van der Waals surface area contributed by atoms with Crippen molar-refractivity contribution in [1.82, 2.24) is 25.2 Å². The molecule has 2 fully saturated rings. The summed E-state index contributed by atoms with van der Waals surface area (Å²) in [6.45, 7) is 4.66. The fraction of sp³-hybridized carbons (Fsp3) is 0.481. The molecule has 1 aromatic carbocycles.